The van der Waals surface area contributed by atoms with Gasteiger partial charge in [0.15, 0.2) is 0 Å². The van der Waals surface area contributed by atoms with Crippen molar-refractivity contribution in [2.45, 2.75) is 6.92 Å². The van der Waals surface area contributed by atoms with Crippen molar-refractivity contribution in [1.82, 2.24) is 0 Å². The molecular formula is C14H12BrFN2S. The quantitative estimate of drug-likeness (QED) is 0.820. The van der Waals surface area contributed by atoms with Crippen molar-refractivity contribution in [3.63, 3.8) is 0 Å². The predicted octanol–water partition coefficient (Wildman–Crippen LogP) is 4.27. The highest BCUT2D eigenvalue weighted by Gasteiger charge is 2.06. The van der Waals surface area contributed by atoms with Crippen molar-refractivity contribution in [2.75, 3.05) is 5.32 Å². The van der Waals surface area contributed by atoms with E-state index < -0.39 is 0 Å². The van der Waals surface area contributed by atoms with Gasteiger partial charge in [-0.15, -0.1) is 0 Å². The van der Waals surface area contributed by atoms with E-state index in [2.05, 4.69) is 21.2 Å². The van der Waals surface area contributed by atoms with Gasteiger partial charge in [0.25, 0.3) is 0 Å². The maximum atomic E-state index is 13.7. The molecule has 0 atom stereocenters. The minimum Gasteiger partial charge on any atom is -0.389 e. The Kier molecular flexibility index (Phi) is 4.17. The van der Waals surface area contributed by atoms with Gasteiger partial charge in [0.2, 0.25) is 0 Å². The molecule has 3 N–H and O–H groups in total. The molecule has 0 aromatic heterocycles. The van der Waals surface area contributed by atoms with Crippen LogP contribution in [0.1, 0.15) is 11.1 Å². The summed E-state index contributed by atoms with van der Waals surface area (Å²) in [5.41, 5.74) is 8.57. The van der Waals surface area contributed by atoms with Crippen LogP contribution in [-0.4, -0.2) is 4.99 Å². The van der Waals surface area contributed by atoms with Gasteiger partial charge in [-0.3, -0.25) is 0 Å². The van der Waals surface area contributed by atoms with Crippen LogP contribution in [0.15, 0.2) is 40.9 Å². The van der Waals surface area contributed by atoms with Crippen molar-refractivity contribution in [2.24, 2.45) is 5.73 Å². The number of hydrogen-bond acceptors (Lipinski definition) is 2. The van der Waals surface area contributed by atoms with Crippen LogP contribution in [0.5, 0.6) is 0 Å². The molecule has 0 aliphatic heterocycles. The molecule has 98 valence electrons. The lowest BCUT2D eigenvalue weighted by atomic mass is 10.1. The molecule has 0 spiro atoms. The van der Waals surface area contributed by atoms with E-state index in [4.69, 9.17) is 18.0 Å². The van der Waals surface area contributed by atoms with Crippen LogP contribution in [-0.2, 0) is 0 Å². The highest BCUT2D eigenvalue weighted by molar-refractivity contribution is 9.10. The molecule has 0 amide bonds. The summed E-state index contributed by atoms with van der Waals surface area (Å²) in [5.74, 6) is -0.313. The Morgan fingerprint density at radius 1 is 1.21 bits per heavy atom. The number of rotatable bonds is 3. The standard InChI is InChI=1S/C14H12BrFN2S/c1-8-6-9(14(17)19)2-4-12(8)18-13-5-3-10(15)7-11(13)16/h2-7,18H,1H3,(H2,17,19). The van der Waals surface area contributed by atoms with Gasteiger partial charge in [-0.2, -0.15) is 0 Å². The fourth-order valence-corrected chi connectivity index (χ4v) is 2.15. The molecule has 2 aromatic carbocycles. The fourth-order valence-electron chi connectivity index (χ4n) is 1.69. The summed E-state index contributed by atoms with van der Waals surface area (Å²) in [4.78, 5) is 0.351. The van der Waals surface area contributed by atoms with Gasteiger partial charge in [-0.05, 0) is 48.9 Å². The zero-order valence-electron chi connectivity index (χ0n) is 10.2. The molecule has 0 radical (unpaired) electrons. The van der Waals surface area contributed by atoms with E-state index in [0.29, 0.717) is 15.1 Å². The predicted molar refractivity (Wildman–Crippen MR) is 84.4 cm³/mol. The number of hydrogen-bond donors (Lipinski definition) is 2. The minimum absolute atomic E-state index is 0.313. The first-order valence-electron chi connectivity index (χ1n) is 5.60. The number of benzene rings is 2. The molecule has 0 unspecified atom stereocenters. The first kappa shape index (κ1) is 14.0. The number of nitrogens with two attached hydrogens (primary N) is 1. The topological polar surface area (TPSA) is 38.0 Å². The molecule has 0 aliphatic rings. The third-order valence-electron chi connectivity index (χ3n) is 2.71. The summed E-state index contributed by atoms with van der Waals surface area (Å²) in [5, 5.41) is 3.05. The normalized spacial score (nSPS) is 10.3. The SMILES string of the molecule is Cc1cc(C(N)=S)ccc1Nc1ccc(Br)cc1F. The van der Waals surface area contributed by atoms with Crippen LogP contribution in [0.4, 0.5) is 15.8 Å². The molecule has 5 heteroatoms. The average molecular weight is 339 g/mol. The van der Waals surface area contributed by atoms with E-state index in [0.717, 1.165) is 16.8 Å². The highest BCUT2D eigenvalue weighted by atomic mass is 79.9. The number of nitrogens with one attached hydrogen (secondary N) is 1. The van der Waals surface area contributed by atoms with Crippen molar-refractivity contribution in [1.29, 1.82) is 0 Å². The molecule has 0 saturated carbocycles. The second-order valence-electron chi connectivity index (χ2n) is 4.14. The van der Waals surface area contributed by atoms with E-state index in [9.17, 15) is 4.39 Å². The largest absolute Gasteiger partial charge is 0.389 e. The van der Waals surface area contributed by atoms with Gasteiger partial charge in [0, 0.05) is 15.7 Å². The summed E-state index contributed by atoms with van der Waals surface area (Å²) in [6.07, 6.45) is 0. The summed E-state index contributed by atoms with van der Waals surface area (Å²) in [7, 11) is 0. The molecule has 0 aliphatic carbocycles. The maximum absolute atomic E-state index is 13.7. The molecule has 19 heavy (non-hydrogen) atoms. The second-order valence-corrected chi connectivity index (χ2v) is 5.50. The molecule has 2 nitrogen and oxygen atoms in total. The Morgan fingerprint density at radius 2 is 1.89 bits per heavy atom. The molecule has 0 fully saturated rings. The molecule has 0 bridgehead atoms. The third kappa shape index (κ3) is 3.30. The zero-order chi connectivity index (χ0) is 14.0. The van der Waals surface area contributed by atoms with Crippen molar-refractivity contribution in [3.8, 4) is 0 Å². The van der Waals surface area contributed by atoms with Gasteiger partial charge in [0.1, 0.15) is 10.8 Å². The summed E-state index contributed by atoms with van der Waals surface area (Å²) >= 11 is 8.15. The average Bonchev–Trinajstić information content (AvgIpc) is 2.34. The fraction of sp³-hybridized carbons (Fsp3) is 0.0714. The number of aryl methyl sites for hydroxylation is 1. The molecular weight excluding hydrogens is 327 g/mol. The summed E-state index contributed by atoms with van der Waals surface area (Å²) < 4.78 is 14.4. The smallest absolute Gasteiger partial charge is 0.147 e. The first-order chi connectivity index (χ1) is 8.97. The Hall–Kier alpha value is -1.46. The summed E-state index contributed by atoms with van der Waals surface area (Å²) in [6, 6.07) is 10.4. The van der Waals surface area contributed by atoms with Gasteiger partial charge >= 0.3 is 0 Å². The minimum atomic E-state index is -0.313. The van der Waals surface area contributed by atoms with Crippen LogP contribution in [0.3, 0.4) is 0 Å². The lowest BCUT2D eigenvalue weighted by molar-refractivity contribution is 0.631. The van der Waals surface area contributed by atoms with Gasteiger partial charge in [-0.1, -0.05) is 28.1 Å². The number of anilines is 2. The van der Waals surface area contributed by atoms with E-state index in [1.807, 2.05) is 25.1 Å². The van der Waals surface area contributed by atoms with Gasteiger partial charge in [0.05, 0.1) is 5.69 Å². The Morgan fingerprint density at radius 3 is 2.47 bits per heavy atom. The van der Waals surface area contributed by atoms with Gasteiger partial charge < -0.3 is 11.1 Å². The van der Waals surface area contributed by atoms with E-state index >= 15 is 0 Å². The lowest BCUT2D eigenvalue weighted by Gasteiger charge is -2.12. The Labute approximate surface area is 124 Å². The van der Waals surface area contributed by atoms with E-state index in [-0.39, 0.29) is 5.82 Å². The first-order valence-corrected chi connectivity index (χ1v) is 6.80. The third-order valence-corrected chi connectivity index (χ3v) is 3.44. The van der Waals surface area contributed by atoms with Crippen molar-refractivity contribution < 1.29 is 4.39 Å². The Balaban J connectivity index is 2.31. The van der Waals surface area contributed by atoms with Crippen LogP contribution in [0.2, 0.25) is 0 Å². The molecule has 2 aromatic rings. The zero-order valence-corrected chi connectivity index (χ0v) is 12.6. The van der Waals surface area contributed by atoms with Crippen LogP contribution < -0.4 is 11.1 Å². The van der Waals surface area contributed by atoms with Crippen LogP contribution >= 0.6 is 28.1 Å². The summed E-state index contributed by atoms with van der Waals surface area (Å²) in [6.45, 7) is 1.92. The maximum Gasteiger partial charge on any atom is 0.147 e. The van der Waals surface area contributed by atoms with Gasteiger partial charge in [-0.25, -0.2) is 4.39 Å². The molecule has 0 saturated heterocycles. The molecule has 2 rings (SSSR count). The van der Waals surface area contributed by atoms with Crippen molar-refractivity contribution in [3.05, 3.63) is 57.8 Å². The monoisotopic (exact) mass is 338 g/mol. The molecule has 0 heterocycles. The number of thiocarbonyl (C=S) groups is 1. The highest BCUT2D eigenvalue weighted by Crippen LogP contribution is 2.25. The van der Waals surface area contributed by atoms with Crippen LogP contribution in [0, 0.1) is 12.7 Å². The number of halogens is 2. The second kappa shape index (κ2) is 5.67. The van der Waals surface area contributed by atoms with Crippen LogP contribution in [0.25, 0.3) is 0 Å². The van der Waals surface area contributed by atoms with Crippen molar-refractivity contribution >= 4 is 44.5 Å². The van der Waals surface area contributed by atoms with E-state index in [1.54, 1.807) is 12.1 Å². The van der Waals surface area contributed by atoms with E-state index in [1.165, 1.54) is 6.07 Å². The lowest BCUT2D eigenvalue weighted by Crippen LogP contribution is -2.09. The Bertz CT molecular complexity index is 643.